The van der Waals surface area contributed by atoms with Gasteiger partial charge in [0.1, 0.15) is 0 Å². The summed E-state index contributed by atoms with van der Waals surface area (Å²) < 4.78 is 5.46. The molecule has 2 heterocycles. The Kier molecular flexibility index (Phi) is 4.54. The fraction of sp³-hybridized carbons (Fsp3) is 0.632. The molecule has 0 aromatic heterocycles. The first-order valence-electron chi connectivity index (χ1n) is 9.00. The van der Waals surface area contributed by atoms with Crippen LogP contribution in [0.25, 0.3) is 0 Å². The number of amides is 1. The second-order valence-corrected chi connectivity index (χ2v) is 7.90. The molecule has 1 amide bonds. The Balaban J connectivity index is 1.27. The number of halogens is 1. The van der Waals surface area contributed by atoms with E-state index in [2.05, 4.69) is 21.9 Å². The van der Waals surface area contributed by atoms with Crippen molar-refractivity contribution in [2.75, 3.05) is 39.4 Å². The van der Waals surface area contributed by atoms with Crippen LogP contribution in [-0.2, 0) is 16.1 Å². The van der Waals surface area contributed by atoms with E-state index in [4.69, 9.17) is 16.3 Å². The predicted octanol–water partition coefficient (Wildman–Crippen LogP) is 2.80. The standard InChI is InChI=1S/C19H25ClN2O2/c20-16-3-1-15(2-4-16)14-21-7-9-22(10-8-21)18(23)17-13-19(17)5-11-24-12-6-19/h1-4,17H,5-14H2/t17-/m1/s1. The Morgan fingerprint density at radius 1 is 1.12 bits per heavy atom. The molecular formula is C19H25ClN2O2. The van der Waals surface area contributed by atoms with Crippen molar-refractivity contribution in [3.05, 3.63) is 34.9 Å². The molecule has 1 aromatic carbocycles. The zero-order valence-electron chi connectivity index (χ0n) is 14.0. The SMILES string of the molecule is O=C([C@H]1CC12CCOCC2)N1CCN(Cc2ccc(Cl)cc2)CC1. The normalized spacial score (nSPS) is 26.5. The van der Waals surface area contributed by atoms with Crippen LogP contribution in [0.5, 0.6) is 0 Å². The third-order valence-electron chi connectivity index (χ3n) is 5.98. The average molecular weight is 349 g/mol. The Bertz CT molecular complexity index is 590. The molecular weight excluding hydrogens is 324 g/mol. The van der Waals surface area contributed by atoms with Gasteiger partial charge in [-0.3, -0.25) is 9.69 Å². The van der Waals surface area contributed by atoms with Crippen molar-refractivity contribution in [1.82, 2.24) is 9.80 Å². The fourth-order valence-corrected chi connectivity index (χ4v) is 4.35. The molecule has 130 valence electrons. The lowest BCUT2D eigenvalue weighted by atomic mass is 9.93. The highest BCUT2D eigenvalue weighted by Crippen LogP contribution is 2.59. The van der Waals surface area contributed by atoms with Crippen LogP contribution < -0.4 is 0 Å². The van der Waals surface area contributed by atoms with Gasteiger partial charge in [0.2, 0.25) is 5.91 Å². The number of hydrogen-bond acceptors (Lipinski definition) is 3. The lowest BCUT2D eigenvalue weighted by Crippen LogP contribution is -2.49. The minimum atomic E-state index is 0.268. The molecule has 0 bridgehead atoms. The number of carbonyl (C=O) groups is 1. The first-order valence-corrected chi connectivity index (χ1v) is 9.37. The first-order chi connectivity index (χ1) is 11.7. The van der Waals surface area contributed by atoms with Gasteiger partial charge in [-0.1, -0.05) is 23.7 Å². The lowest BCUT2D eigenvalue weighted by molar-refractivity contribution is -0.135. The molecule has 4 nitrogen and oxygen atoms in total. The molecule has 5 heteroatoms. The van der Waals surface area contributed by atoms with Crippen molar-refractivity contribution in [3.8, 4) is 0 Å². The third kappa shape index (κ3) is 3.32. The van der Waals surface area contributed by atoms with Crippen molar-refractivity contribution < 1.29 is 9.53 Å². The van der Waals surface area contributed by atoms with E-state index in [0.717, 1.165) is 70.2 Å². The summed E-state index contributed by atoms with van der Waals surface area (Å²) in [4.78, 5) is 17.3. The maximum atomic E-state index is 12.8. The molecule has 0 unspecified atom stereocenters. The average Bonchev–Trinajstić information content (AvgIpc) is 3.30. The van der Waals surface area contributed by atoms with Gasteiger partial charge in [0.25, 0.3) is 0 Å². The summed E-state index contributed by atoms with van der Waals surface area (Å²) in [5.74, 6) is 0.659. The molecule has 3 aliphatic rings. The van der Waals surface area contributed by atoms with Crippen molar-refractivity contribution in [2.24, 2.45) is 11.3 Å². The first kappa shape index (κ1) is 16.4. The number of benzene rings is 1. The topological polar surface area (TPSA) is 32.8 Å². The molecule has 24 heavy (non-hydrogen) atoms. The van der Waals surface area contributed by atoms with Crippen LogP contribution in [0.4, 0.5) is 0 Å². The van der Waals surface area contributed by atoms with E-state index in [1.54, 1.807) is 0 Å². The molecule has 1 saturated carbocycles. The molecule has 1 aromatic rings. The third-order valence-corrected chi connectivity index (χ3v) is 6.23. The fourth-order valence-electron chi connectivity index (χ4n) is 4.22. The second-order valence-electron chi connectivity index (χ2n) is 7.46. The van der Waals surface area contributed by atoms with Gasteiger partial charge >= 0.3 is 0 Å². The van der Waals surface area contributed by atoms with E-state index in [-0.39, 0.29) is 11.3 Å². The van der Waals surface area contributed by atoms with Crippen molar-refractivity contribution in [1.29, 1.82) is 0 Å². The van der Waals surface area contributed by atoms with Gasteiger partial charge in [0.05, 0.1) is 0 Å². The number of rotatable bonds is 3. The highest BCUT2D eigenvalue weighted by Gasteiger charge is 2.58. The number of ether oxygens (including phenoxy) is 1. The van der Waals surface area contributed by atoms with Gasteiger partial charge in [-0.15, -0.1) is 0 Å². The van der Waals surface area contributed by atoms with Gasteiger partial charge in [-0.25, -0.2) is 0 Å². The summed E-state index contributed by atoms with van der Waals surface area (Å²) in [6, 6.07) is 8.05. The van der Waals surface area contributed by atoms with Gasteiger partial charge < -0.3 is 9.64 Å². The van der Waals surface area contributed by atoms with Crippen LogP contribution in [0, 0.1) is 11.3 Å². The molecule has 2 saturated heterocycles. The zero-order valence-corrected chi connectivity index (χ0v) is 14.8. The van der Waals surface area contributed by atoms with Crippen LogP contribution in [0.2, 0.25) is 5.02 Å². The molecule has 3 fully saturated rings. The Morgan fingerprint density at radius 3 is 2.46 bits per heavy atom. The van der Waals surface area contributed by atoms with Crippen LogP contribution in [-0.4, -0.2) is 55.1 Å². The summed E-state index contributed by atoms with van der Waals surface area (Å²) >= 11 is 5.94. The van der Waals surface area contributed by atoms with Crippen molar-refractivity contribution >= 4 is 17.5 Å². The zero-order chi connectivity index (χ0) is 16.6. The lowest BCUT2D eigenvalue weighted by Gasteiger charge is -2.35. The second kappa shape index (κ2) is 6.66. The summed E-state index contributed by atoms with van der Waals surface area (Å²) in [6.07, 6.45) is 3.22. The Hall–Kier alpha value is -1.10. The molecule has 0 radical (unpaired) electrons. The minimum Gasteiger partial charge on any atom is -0.381 e. The Labute approximate surface area is 148 Å². The minimum absolute atomic E-state index is 0.268. The summed E-state index contributed by atoms with van der Waals surface area (Å²) in [5, 5.41) is 0.778. The molecule has 2 aliphatic heterocycles. The summed E-state index contributed by atoms with van der Waals surface area (Å²) in [5.41, 5.74) is 1.57. The highest BCUT2D eigenvalue weighted by molar-refractivity contribution is 6.30. The van der Waals surface area contributed by atoms with E-state index in [0.29, 0.717) is 5.91 Å². The van der Waals surface area contributed by atoms with E-state index >= 15 is 0 Å². The van der Waals surface area contributed by atoms with E-state index in [9.17, 15) is 4.79 Å². The smallest absolute Gasteiger partial charge is 0.226 e. The van der Waals surface area contributed by atoms with Crippen molar-refractivity contribution in [2.45, 2.75) is 25.8 Å². The molecule has 1 aliphatic carbocycles. The van der Waals surface area contributed by atoms with Crippen LogP contribution in [0.15, 0.2) is 24.3 Å². The van der Waals surface area contributed by atoms with Gasteiger partial charge in [0.15, 0.2) is 0 Å². The monoisotopic (exact) mass is 348 g/mol. The highest BCUT2D eigenvalue weighted by atomic mass is 35.5. The van der Waals surface area contributed by atoms with Crippen LogP contribution in [0.1, 0.15) is 24.8 Å². The molecule has 4 rings (SSSR count). The number of nitrogens with zero attached hydrogens (tertiary/aromatic N) is 2. The summed E-state index contributed by atoms with van der Waals surface area (Å²) in [7, 11) is 0. The number of hydrogen-bond donors (Lipinski definition) is 0. The molecule has 1 atom stereocenters. The number of piperazine rings is 1. The Morgan fingerprint density at radius 2 is 1.79 bits per heavy atom. The van der Waals surface area contributed by atoms with Gasteiger partial charge in [-0.2, -0.15) is 0 Å². The van der Waals surface area contributed by atoms with Crippen LogP contribution >= 0.6 is 11.6 Å². The maximum Gasteiger partial charge on any atom is 0.226 e. The maximum absolute atomic E-state index is 12.8. The summed E-state index contributed by atoms with van der Waals surface area (Å²) in [6.45, 7) is 6.22. The largest absolute Gasteiger partial charge is 0.381 e. The van der Waals surface area contributed by atoms with Gasteiger partial charge in [-0.05, 0) is 42.4 Å². The van der Waals surface area contributed by atoms with Gasteiger partial charge in [0, 0.05) is 56.9 Å². The molecule has 1 spiro atoms. The van der Waals surface area contributed by atoms with Crippen LogP contribution in [0.3, 0.4) is 0 Å². The van der Waals surface area contributed by atoms with E-state index in [1.165, 1.54) is 5.56 Å². The van der Waals surface area contributed by atoms with E-state index in [1.807, 2.05) is 12.1 Å². The quantitative estimate of drug-likeness (QED) is 0.842. The molecule has 0 N–H and O–H groups in total. The van der Waals surface area contributed by atoms with Crippen molar-refractivity contribution in [3.63, 3.8) is 0 Å². The number of carbonyl (C=O) groups excluding carboxylic acids is 1. The predicted molar refractivity (Wildman–Crippen MR) is 93.9 cm³/mol. The van der Waals surface area contributed by atoms with E-state index < -0.39 is 0 Å².